The van der Waals surface area contributed by atoms with Crippen molar-refractivity contribution >= 4 is 28.1 Å². The Balaban J connectivity index is 1.76. The molecular formula is C28H27NO3. The summed E-state index contributed by atoms with van der Waals surface area (Å²) in [5.41, 5.74) is 7.78. The second-order valence-corrected chi connectivity index (χ2v) is 7.93. The summed E-state index contributed by atoms with van der Waals surface area (Å²) in [4.78, 5) is 12.6. The second kappa shape index (κ2) is 9.15. The van der Waals surface area contributed by atoms with Crippen molar-refractivity contribution in [2.75, 3.05) is 11.9 Å². The molecule has 0 unspecified atom stereocenters. The molecule has 4 rings (SSSR count). The van der Waals surface area contributed by atoms with Gasteiger partial charge in [0.25, 0.3) is 0 Å². The standard InChI is InChI=1S/C28H27NO3/c1-5-31-26-16-27-24(25(17-32-27)22-12-11-18(2)13-19(22)3)15-23(26)20(4)14-28(30)29-21-9-7-6-8-10-21/h6-17H,5H2,1-4H3,(H,29,30)/b20-14+. The number of aryl methyl sites for hydroxylation is 2. The molecule has 3 aromatic carbocycles. The van der Waals surface area contributed by atoms with Gasteiger partial charge in [-0.25, -0.2) is 0 Å². The number of furan rings is 1. The van der Waals surface area contributed by atoms with E-state index in [4.69, 9.17) is 9.15 Å². The van der Waals surface area contributed by atoms with Gasteiger partial charge < -0.3 is 14.5 Å². The molecule has 1 amide bonds. The summed E-state index contributed by atoms with van der Waals surface area (Å²) >= 11 is 0. The van der Waals surface area contributed by atoms with E-state index in [1.807, 2.05) is 50.2 Å². The first-order valence-electron chi connectivity index (χ1n) is 10.8. The van der Waals surface area contributed by atoms with E-state index in [-0.39, 0.29) is 5.91 Å². The predicted molar refractivity (Wildman–Crippen MR) is 131 cm³/mol. The fourth-order valence-electron chi connectivity index (χ4n) is 3.94. The molecule has 162 valence electrons. The fraction of sp³-hybridized carbons (Fsp3) is 0.179. The highest BCUT2D eigenvalue weighted by molar-refractivity contribution is 6.05. The highest BCUT2D eigenvalue weighted by atomic mass is 16.5. The van der Waals surface area contributed by atoms with Crippen LogP contribution in [0, 0.1) is 13.8 Å². The highest BCUT2D eigenvalue weighted by Crippen LogP contribution is 2.38. The Morgan fingerprint density at radius 1 is 1.03 bits per heavy atom. The Bertz CT molecular complexity index is 1300. The number of anilines is 1. The van der Waals surface area contributed by atoms with Gasteiger partial charge >= 0.3 is 0 Å². The number of para-hydroxylation sites is 1. The SMILES string of the molecule is CCOc1cc2occ(-c3ccc(C)cc3C)c2cc1/C(C)=C/C(=O)Nc1ccccc1. The van der Waals surface area contributed by atoms with Crippen LogP contribution in [0.3, 0.4) is 0 Å². The molecule has 0 atom stereocenters. The van der Waals surface area contributed by atoms with Gasteiger partial charge in [0.1, 0.15) is 11.3 Å². The zero-order chi connectivity index (χ0) is 22.7. The maximum Gasteiger partial charge on any atom is 0.248 e. The Morgan fingerprint density at radius 2 is 1.81 bits per heavy atom. The Labute approximate surface area is 188 Å². The molecule has 32 heavy (non-hydrogen) atoms. The molecular weight excluding hydrogens is 398 g/mol. The Hall–Kier alpha value is -3.79. The maximum absolute atomic E-state index is 12.6. The third-order valence-electron chi connectivity index (χ3n) is 5.46. The van der Waals surface area contributed by atoms with Crippen LogP contribution in [0.4, 0.5) is 5.69 Å². The number of allylic oxidation sites excluding steroid dienone is 1. The Morgan fingerprint density at radius 3 is 2.53 bits per heavy atom. The second-order valence-electron chi connectivity index (χ2n) is 7.93. The van der Waals surface area contributed by atoms with Crippen molar-refractivity contribution in [1.82, 2.24) is 0 Å². The molecule has 0 bridgehead atoms. The molecule has 0 saturated heterocycles. The molecule has 4 heteroatoms. The molecule has 1 N–H and O–H groups in total. The molecule has 0 fully saturated rings. The summed E-state index contributed by atoms with van der Waals surface area (Å²) in [7, 11) is 0. The van der Waals surface area contributed by atoms with E-state index in [1.165, 1.54) is 11.1 Å². The van der Waals surface area contributed by atoms with Crippen molar-refractivity contribution in [1.29, 1.82) is 0 Å². The van der Waals surface area contributed by atoms with Gasteiger partial charge in [-0.15, -0.1) is 0 Å². The number of fused-ring (bicyclic) bond motifs is 1. The van der Waals surface area contributed by atoms with Crippen LogP contribution in [0.25, 0.3) is 27.7 Å². The summed E-state index contributed by atoms with van der Waals surface area (Å²) in [5.74, 6) is 0.515. The van der Waals surface area contributed by atoms with E-state index >= 15 is 0 Å². The van der Waals surface area contributed by atoms with Crippen molar-refractivity contribution in [2.45, 2.75) is 27.7 Å². The number of nitrogens with one attached hydrogen (secondary N) is 1. The quantitative estimate of drug-likeness (QED) is 0.334. The van der Waals surface area contributed by atoms with Crippen molar-refractivity contribution in [3.8, 4) is 16.9 Å². The molecule has 0 aliphatic heterocycles. The van der Waals surface area contributed by atoms with Crippen LogP contribution >= 0.6 is 0 Å². The highest BCUT2D eigenvalue weighted by Gasteiger charge is 2.16. The first-order chi connectivity index (χ1) is 15.5. The Kier molecular flexibility index (Phi) is 6.13. The van der Waals surface area contributed by atoms with Crippen molar-refractivity contribution < 1.29 is 13.9 Å². The largest absolute Gasteiger partial charge is 0.493 e. The van der Waals surface area contributed by atoms with Crippen molar-refractivity contribution in [3.63, 3.8) is 0 Å². The van der Waals surface area contributed by atoms with Crippen molar-refractivity contribution in [2.24, 2.45) is 0 Å². The van der Waals surface area contributed by atoms with Crippen molar-refractivity contribution in [3.05, 3.63) is 89.7 Å². The molecule has 1 aromatic heterocycles. The third-order valence-corrected chi connectivity index (χ3v) is 5.46. The first kappa shape index (κ1) is 21.4. The van der Waals surface area contributed by atoms with Gasteiger partial charge in [-0.3, -0.25) is 4.79 Å². The maximum atomic E-state index is 12.6. The fourth-order valence-corrected chi connectivity index (χ4v) is 3.94. The number of hydrogen-bond donors (Lipinski definition) is 1. The summed E-state index contributed by atoms with van der Waals surface area (Å²) in [5, 5.41) is 3.89. The minimum absolute atomic E-state index is 0.182. The molecule has 0 aliphatic carbocycles. The van der Waals surface area contributed by atoms with Crippen LogP contribution in [0.15, 0.2) is 77.4 Å². The minimum atomic E-state index is -0.182. The molecule has 0 radical (unpaired) electrons. The molecule has 0 spiro atoms. The van der Waals surface area contributed by atoms with E-state index in [2.05, 4.69) is 43.4 Å². The van der Waals surface area contributed by atoms with Crippen LogP contribution < -0.4 is 10.1 Å². The van der Waals surface area contributed by atoms with Gasteiger partial charge in [-0.1, -0.05) is 42.0 Å². The lowest BCUT2D eigenvalue weighted by atomic mass is 9.96. The molecule has 1 heterocycles. The smallest absolute Gasteiger partial charge is 0.248 e. The number of carbonyl (C=O) groups is 1. The summed E-state index contributed by atoms with van der Waals surface area (Å²) in [6.07, 6.45) is 3.40. The molecule has 0 aliphatic rings. The summed E-state index contributed by atoms with van der Waals surface area (Å²) in [6.45, 7) is 8.58. The number of ether oxygens (including phenoxy) is 1. The van der Waals surface area contributed by atoms with Crippen LogP contribution in [0.2, 0.25) is 0 Å². The van der Waals surface area contributed by atoms with Crippen LogP contribution in [-0.2, 0) is 4.79 Å². The summed E-state index contributed by atoms with van der Waals surface area (Å²) < 4.78 is 11.8. The lowest BCUT2D eigenvalue weighted by Crippen LogP contribution is -2.08. The molecule has 4 nitrogen and oxygen atoms in total. The van der Waals surface area contributed by atoms with E-state index < -0.39 is 0 Å². The number of carbonyl (C=O) groups excluding carboxylic acids is 1. The third kappa shape index (κ3) is 4.45. The first-order valence-corrected chi connectivity index (χ1v) is 10.8. The van der Waals surface area contributed by atoms with Gasteiger partial charge in [-0.2, -0.15) is 0 Å². The van der Waals surface area contributed by atoms with Gasteiger partial charge in [0, 0.05) is 34.3 Å². The van der Waals surface area contributed by atoms with Gasteiger partial charge in [0.15, 0.2) is 0 Å². The van der Waals surface area contributed by atoms with Gasteiger partial charge in [0.05, 0.1) is 12.9 Å². The van der Waals surface area contributed by atoms with Crippen LogP contribution in [0.1, 0.15) is 30.5 Å². The zero-order valence-corrected chi connectivity index (χ0v) is 18.9. The number of hydrogen-bond acceptors (Lipinski definition) is 3. The lowest BCUT2D eigenvalue weighted by Gasteiger charge is -2.12. The minimum Gasteiger partial charge on any atom is -0.493 e. The van der Waals surface area contributed by atoms with Gasteiger partial charge in [0.2, 0.25) is 5.91 Å². The number of rotatable bonds is 6. The molecule has 0 saturated carbocycles. The van der Waals surface area contributed by atoms with Crippen LogP contribution in [0.5, 0.6) is 5.75 Å². The average molecular weight is 426 g/mol. The predicted octanol–water partition coefficient (Wildman–Crippen LogP) is 7.16. The average Bonchev–Trinajstić information content (AvgIpc) is 3.16. The van der Waals surface area contributed by atoms with E-state index in [9.17, 15) is 4.79 Å². The van der Waals surface area contributed by atoms with E-state index in [0.717, 1.165) is 38.9 Å². The van der Waals surface area contributed by atoms with E-state index in [1.54, 1.807) is 12.3 Å². The number of amides is 1. The topological polar surface area (TPSA) is 51.5 Å². The summed E-state index contributed by atoms with van der Waals surface area (Å²) in [6, 6.07) is 19.8. The number of benzene rings is 3. The molecule has 4 aromatic rings. The lowest BCUT2D eigenvalue weighted by molar-refractivity contribution is -0.111. The normalized spacial score (nSPS) is 11.6. The zero-order valence-electron chi connectivity index (χ0n) is 18.9. The van der Waals surface area contributed by atoms with Gasteiger partial charge in [-0.05, 0) is 62.6 Å². The van der Waals surface area contributed by atoms with Crippen LogP contribution in [-0.4, -0.2) is 12.5 Å². The van der Waals surface area contributed by atoms with E-state index in [0.29, 0.717) is 12.4 Å². The monoisotopic (exact) mass is 425 g/mol.